The molecular weight excluding hydrogens is 512 g/mol. The standard InChI is InChI=1S/C29H35ClN8O/c1-17-3-6-22-21(16-32-36-22)24(17)20-15-23-25(27(39-2)26(20)30)28(38-13-9-31-10-14-38)35-29(34-23)33-18-7-11-37(12-8-18)19-4-5-19/h3,6,15-16,18-19,31H,4-5,7-14H2,1-2H3,(H,32,36)(H,33,34,35). The Morgan fingerprint density at radius 3 is 2.59 bits per heavy atom. The number of hydrogen-bond donors (Lipinski definition) is 3. The molecule has 7 rings (SSSR count). The van der Waals surface area contributed by atoms with Crippen LogP contribution in [0, 0.1) is 6.92 Å². The summed E-state index contributed by atoms with van der Waals surface area (Å²) in [5.74, 6) is 2.17. The third kappa shape index (κ3) is 4.56. The van der Waals surface area contributed by atoms with Crippen LogP contribution in [0.4, 0.5) is 11.8 Å². The highest BCUT2D eigenvalue weighted by atomic mass is 35.5. The summed E-state index contributed by atoms with van der Waals surface area (Å²) in [7, 11) is 1.68. The molecule has 0 spiro atoms. The second kappa shape index (κ2) is 10.1. The van der Waals surface area contributed by atoms with Crippen LogP contribution in [-0.2, 0) is 0 Å². The molecule has 2 saturated heterocycles. The van der Waals surface area contributed by atoms with E-state index in [1.807, 2.05) is 6.20 Å². The van der Waals surface area contributed by atoms with Crippen LogP contribution in [0.25, 0.3) is 32.9 Å². The minimum Gasteiger partial charge on any atom is -0.494 e. The van der Waals surface area contributed by atoms with Crippen molar-refractivity contribution in [3.8, 4) is 16.9 Å². The van der Waals surface area contributed by atoms with Gasteiger partial charge in [0.15, 0.2) is 5.75 Å². The van der Waals surface area contributed by atoms with Gasteiger partial charge >= 0.3 is 0 Å². The number of aromatic amines is 1. The average Bonchev–Trinajstić information content (AvgIpc) is 3.70. The highest BCUT2D eigenvalue weighted by molar-refractivity contribution is 6.37. The summed E-state index contributed by atoms with van der Waals surface area (Å²) in [4.78, 5) is 15.2. The van der Waals surface area contributed by atoms with Crippen molar-refractivity contribution in [3.63, 3.8) is 0 Å². The lowest BCUT2D eigenvalue weighted by atomic mass is 9.95. The van der Waals surface area contributed by atoms with E-state index in [4.69, 9.17) is 26.3 Å². The van der Waals surface area contributed by atoms with Crippen molar-refractivity contribution < 1.29 is 4.74 Å². The number of nitrogens with zero attached hydrogens (tertiary/aromatic N) is 5. The van der Waals surface area contributed by atoms with Crippen LogP contribution in [0.3, 0.4) is 0 Å². The van der Waals surface area contributed by atoms with E-state index < -0.39 is 0 Å². The van der Waals surface area contributed by atoms with Crippen molar-refractivity contribution in [1.82, 2.24) is 30.4 Å². The van der Waals surface area contributed by atoms with Crippen LogP contribution in [0.15, 0.2) is 24.4 Å². The molecule has 0 bridgehead atoms. The maximum atomic E-state index is 7.15. The number of methoxy groups -OCH3 is 1. The topological polar surface area (TPSA) is 94.2 Å². The number of hydrogen-bond acceptors (Lipinski definition) is 8. The maximum absolute atomic E-state index is 7.15. The number of rotatable bonds is 6. The first-order chi connectivity index (χ1) is 19.1. The molecule has 0 atom stereocenters. The number of H-pyrrole nitrogens is 1. The summed E-state index contributed by atoms with van der Waals surface area (Å²) < 4.78 is 6.01. The van der Waals surface area contributed by atoms with Crippen molar-refractivity contribution in [3.05, 3.63) is 35.0 Å². The molecule has 204 valence electrons. The number of fused-ring (bicyclic) bond motifs is 2. The molecule has 2 aromatic heterocycles. The van der Waals surface area contributed by atoms with Gasteiger partial charge in [0.1, 0.15) is 5.82 Å². The van der Waals surface area contributed by atoms with E-state index in [-0.39, 0.29) is 0 Å². The third-order valence-corrected chi connectivity index (χ3v) is 8.89. The zero-order chi connectivity index (χ0) is 26.5. The zero-order valence-electron chi connectivity index (χ0n) is 22.6. The van der Waals surface area contributed by atoms with Crippen LogP contribution in [-0.4, -0.2) is 83.5 Å². The quantitative estimate of drug-likeness (QED) is 0.323. The Morgan fingerprint density at radius 1 is 1.05 bits per heavy atom. The SMILES string of the molecule is COc1c(Cl)c(-c2c(C)ccc3[nH]ncc23)cc2nc(NC3CCN(C4CC4)CC3)nc(N3CCNCC3)c12. The smallest absolute Gasteiger partial charge is 0.225 e. The van der Waals surface area contributed by atoms with E-state index in [1.54, 1.807) is 7.11 Å². The number of likely N-dealkylation sites (tertiary alicyclic amines) is 1. The highest BCUT2D eigenvalue weighted by Crippen LogP contribution is 2.46. The first kappa shape index (κ1) is 24.9. The molecule has 0 amide bonds. The van der Waals surface area contributed by atoms with Gasteiger partial charge in [-0.25, -0.2) is 4.98 Å². The van der Waals surface area contributed by atoms with E-state index in [1.165, 1.54) is 12.8 Å². The van der Waals surface area contributed by atoms with Gasteiger partial charge in [0.05, 0.1) is 34.7 Å². The molecule has 0 unspecified atom stereocenters. The van der Waals surface area contributed by atoms with Crippen molar-refractivity contribution >= 4 is 45.2 Å². The van der Waals surface area contributed by atoms with Crippen molar-refractivity contribution in [2.45, 2.75) is 44.7 Å². The monoisotopic (exact) mass is 546 g/mol. The van der Waals surface area contributed by atoms with Crippen LogP contribution in [0.5, 0.6) is 5.75 Å². The second-order valence-corrected chi connectivity index (χ2v) is 11.4. The number of piperazine rings is 1. The Balaban J connectivity index is 1.36. The van der Waals surface area contributed by atoms with Gasteiger partial charge in [-0.2, -0.15) is 10.1 Å². The summed E-state index contributed by atoms with van der Waals surface area (Å²) in [6.45, 7) is 7.92. The molecule has 4 aromatic rings. The molecule has 2 aliphatic heterocycles. The Bertz CT molecular complexity index is 1520. The number of anilines is 2. The Labute approximate surface area is 233 Å². The number of aryl methyl sites for hydroxylation is 1. The molecule has 10 heteroatoms. The van der Waals surface area contributed by atoms with E-state index in [0.717, 1.165) is 102 Å². The first-order valence-electron chi connectivity index (χ1n) is 14.1. The maximum Gasteiger partial charge on any atom is 0.225 e. The number of nitrogens with one attached hydrogen (secondary N) is 3. The molecule has 0 radical (unpaired) electrons. The number of halogens is 1. The molecule has 3 aliphatic rings. The lowest BCUT2D eigenvalue weighted by molar-refractivity contribution is 0.210. The first-order valence-corrected chi connectivity index (χ1v) is 14.5. The largest absolute Gasteiger partial charge is 0.494 e. The Morgan fingerprint density at radius 2 is 1.85 bits per heavy atom. The van der Waals surface area contributed by atoms with Crippen LogP contribution in [0.1, 0.15) is 31.2 Å². The van der Waals surface area contributed by atoms with Crippen molar-refractivity contribution in [2.24, 2.45) is 0 Å². The summed E-state index contributed by atoms with van der Waals surface area (Å²) >= 11 is 7.15. The van der Waals surface area contributed by atoms with Crippen molar-refractivity contribution in [2.75, 3.05) is 56.6 Å². The predicted octanol–water partition coefficient (Wildman–Crippen LogP) is 4.59. The summed E-state index contributed by atoms with van der Waals surface area (Å²) in [6.07, 6.45) is 6.80. The minimum atomic E-state index is 0.365. The molecule has 3 fully saturated rings. The number of aromatic nitrogens is 4. The van der Waals surface area contributed by atoms with Gasteiger partial charge in [-0.1, -0.05) is 17.7 Å². The molecule has 2 aromatic carbocycles. The number of piperidine rings is 1. The lowest BCUT2D eigenvalue weighted by Gasteiger charge is -2.33. The minimum absolute atomic E-state index is 0.365. The predicted molar refractivity (Wildman–Crippen MR) is 157 cm³/mol. The van der Waals surface area contributed by atoms with E-state index in [0.29, 0.717) is 22.8 Å². The number of ether oxygens (including phenoxy) is 1. The van der Waals surface area contributed by atoms with E-state index in [2.05, 4.69) is 55.8 Å². The van der Waals surface area contributed by atoms with Crippen LogP contribution >= 0.6 is 11.6 Å². The number of benzene rings is 2. The highest BCUT2D eigenvalue weighted by Gasteiger charge is 2.32. The Kier molecular flexibility index (Phi) is 6.45. The fourth-order valence-electron chi connectivity index (χ4n) is 6.28. The van der Waals surface area contributed by atoms with Gasteiger partial charge in [0, 0.05) is 62.3 Å². The normalized spacial score (nSPS) is 19.2. The summed E-state index contributed by atoms with van der Waals surface area (Å²) in [5.41, 5.74) is 4.83. The fourth-order valence-corrected chi connectivity index (χ4v) is 6.60. The van der Waals surface area contributed by atoms with Gasteiger partial charge in [-0.05, 0) is 55.9 Å². The molecular formula is C29H35ClN8O. The molecule has 1 aliphatic carbocycles. The summed E-state index contributed by atoms with van der Waals surface area (Å²) in [6, 6.07) is 7.43. The Hall–Kier alpha value is -3.14. The van der Waals surface area contributed by atoms with E-state index in [9.17, 15) is 0 Å². The van der Waals surface area contributed by atoms with Gasteiger partial charge in [0.25, 0.3) is 0 Å². The zero-order valence-corrected chi connectivity index (χ0v) is 23.3. The van der Waals surface area contributed by atoms with Gasteiger partial charge in [-0.3, -0.25) is 5.10 Å². The molecule has 9 nitrogen and oxygen atoms in total. The lowest BCUT2D eigenvalue weighted by Crippen LogP contribution is -2.44. The fraction of sp³-hybridized carbons (Fsp3) is 0.483. The summed E-state index contributed by atoms with van der Waals surface area (Å²) in [5, 5.41) is 17.0. The van der Waals surface area contributed by atoms with E-state index >= 15 is 0 Å². The van der Waals surface area contributed by atoms with Gasteiger partial charge in [-0.15, -0.1) is 0 Å². The van der Waals surface area contributed by atoms with Crippen molar-refractivity contribution in [1.29, 1.82) is 0 Å². The molecule has 3 N–H and O–H groups in total. The van der Waals surface area contributed by atoms with Crippen LogP contribution in [0.2, 0.25) is 5.02 Å². The molecule has 1 saturated carbocycles. The van der Waals surface area contributed by atoms with Gasteiger partial charge in [0.2, 0.25) is 5.95 Å². The van der Waals surface area contributed by atoms with Gasteiger partial charge < -0.3 is 25.2 Å². The third-order valence-electron chi connectivity index (χ3n) is 8.51. The average molecular weight is 547 g/mol. The van der Waals surface area contributed by atoms with Crippen LogP contribution < -0.4 is 20.3 Å². The second-order valence-electron chi connectivity index (χ2n) is 11.0. The molecule has 39 heavy (non-hydrogen) atoms. The molecule has 4 heterocycles.